The molecule has 0 spiro atoms. The van der Waals surface area contributed by atoms with Crippen molar-refractivity contribution in [2.24, 2.45) is 5.92 Å². The molecule has 2 heteroatoms. The van der Waals surface area contributed by atoms with E-state index in [9.17, 15) is 0 Å². The second kappa shape index (κ2) is 7.89. The minimum Gasteiger partial charge on any atom is -0.455 e. The molecule has 0 saturated heterocycles. The number of allylic oxidation sites excluding steroid dienone is 4. The summed E-state index contributed by atoms with van der Waals surface area (Å²) in [5, 5.41) is 3.53. The number of furan rings is 1. The Hall–Kier alpha value is -4.30. The van der Waals surface area contributed by atoms with Crippen LogP contribution in [0.3, 0.4) is 0 Å². The molecule has 2 aromatic heterocycles. The Morgan fingerprint density at radius 1 is 0.714 bits per heavy atom. The number of aromatic nitrogens is 1. The van der Waals surface area contributed by atoms with E-state index in [0.717, 1.165) is 34.3 Å². The van der Waals surface area contributed by atoms with Gasteiger partial charge < -0.3 is 8.98 Å². The SMILES string of the molecule is CC1C=C(n2c3ccccc3c3c4oc(-c5ccccc5)c(-c5ccccc5)c4ccc32)C=CC1. The van der Waals surface area contributed by atoms with Crippen molar-refractivity contribution in [3.8, 4) is 22.5 Å². The fourth-order valence-electron chi connectivity index (χ4n) is 5.54. The monoisotopic (exact) mass is 451 g/mol. The first-order chi connectivity index (χ1) is 17.3. The number of hydrogen-bond acceptors (Lipinski definition) is 1. The van der Waals surface area contributed by atoms with E-state index in [2.05, 4.69) is 121 Å². The Kier molecular flexibility index (Phi) is 4.53. The Morgan fingerprint density at radius 3 is 2.20 bits per heavy atom. The fraction of sp³-hybridized carbons (Fsp3) is 0.0909. The van der Waals surface area contributed by atoms with E-state index in [1.54, 1.807) is 0 Å². The zero-order valence-corrected chi connectivity index (χ0v) is 19.6. The van der Waals surface area contributed by atoms with Gasteiger partial charge >= 0.3 is 0 Å². The largest absolute Gasteiger partial charge is 0.455 e. The number of hydrogen-bond donors (Lipinski definition) is 0. The molecule has 1 aliphatic carbocycles. The van der Waals surface area contributed by atoms with Gasteiger partial charge in [0.2, 0.25) is 0 Å². The van der Waals surface area contributed by atoms with Crippen LogP contribution in [-0.2, 0) is 0 Å². The fourth-order valence-corrected chi connectivity index (χ4v) is 5.54. The summed E-state index contributed by atoms with van der Waals surface area (Å²) in [6, 6.07) is 34.2. The molecular formula is C33H25NO. The third-order valence-corrected chi connectivity index (χ3v) is 7.10. The lowest BCUT2D eigenvalue weighted by Crippen LogP contribution is -2.01. The zero-order chi connectivity index (χ0) is 23.4. The highest BCUT2D eigenvalue weighted by molar-refractivity contribution is 6.23. The molecule has 0 aliphatic heterocycles. The van der Waals surface area contributed by atoms with Gasteiger partial charge in [-0.05, 0) is 42.2 Å². The van der Waals surface area contributed by atoms with Gasteiger partial charge in [0, 0.05) is 27.6 Å². The van der Waals surface area contributed by atoms with Crippen molar-refractivity contribution >= 4 is 38.5 Å². The summed E-state index contributed by atoms with van der Waals surface area (Å²) in [5.41, 5.74) is 7.97. The lowest BCUT2D eigenvalue weighted by Gasteiger charge is -2.15. The Labute approximate surface area is 204 Å². The summed E-state index contributed by atoms with van der Waals surface area (Å²) < 4.78 is 9.22. The molecule has 4 aromatic carbocycles. The Bertz CT molecular complexity index is 1760. The van der Waals surface area contributed by atoms with Crippen LogP contribution < -0.4 is 0 Å². The molecule has 0 radical (unpaired) electrons. The number of fused-ring (bicyclic) bond motifs is 5. The van der Waals surface area contributed by atoms with Crippen molar-refractivity contribution < 1.29 is 4.42 Å². The number of rotatable bonds is 3. The molecule has 0 N–H and O–H groups in total. The van der Waals surface area contributed by atoms with Gasteiger partial charge in [-0.3, -0.25) is 0 Å². The maximum Gasteiger partial charge on any atom is 0.145 e. The van der Waals surface area contributed by atoms with E-state index in [4.69, 9.17) is 4.42 Å². The van der Waals surface area contributed by atoms with E-state index >= 15 is 0 Å². The first-order valence-electron chi connectivity index (χ1n) is 12.3. The summed E-state index contributed by atoms with van der Waals surface area (Å²) in [6.07, 6.45) is 8.00. The molecule has 0 amide bonds. The summed E-state index contributed by atoms with van der Waals surface area (Å²) in [5.74, 6) is 1.44. The van der Waals surface area contributed by atoms with Crippen LogP contribution in [-0.4, -0.2) is 4.57 Å². The number of para-hydroxylation sites is 1. The molecule has 2 heterocycles. The average molecular weight is 452 g/mol. The minimum atomic E-state index is 0.521. The predicted octanol–water partition coefficient (Wildman–Crippen LogP) is 9.31. The van der Waals surface area contributed by atoms with Gasteiger partial charge in [-0.2, -0.15) is 0 Å². The molecule has 7 rings (SSSR count). The summed E-state index contributed by atoms with van der Waals surface area (Å²) >= 11 is 0. The van der Waals surface area contributed by atoms with Gasteiger partial charge in [0.15, 0.2) is 0 Å². The van der Waals surface area contributed by atoms with Crippen LogP contribution in [0.5, 0.6) is 0 Å². The topological polar surface area (TPSA) is 18.1 Å². The molecule has 2 nitrogen and oxygen atoms in total. The second-order valence-corrected chi connectivity index (χ2v) is 9.43. The molecule has 0 fully saturated rings. The summed E-state index contributed by atoms with van der Waals surface area (Å²) in [6.45, 7) is 2.28. The van der Waals surface area contributed by atoms with Gasteiger partial charge in [0.05, 0.1) is 16.4 Å². The maximum absolute atomic E-state index is 6.83. The molecule has 1 aliphatic rings. The van der Waals surface area contributed by atoms with Gasteiger partial charge in [-0.1, -0.05) is 97.9 Å². The van der Waals surface area contributed by atoms with Crippen molar-refractivity contribution in [1.82, 2.24) is 4.57 Å². The molecule has 6 aromatic rings. The van der Waals surface area contributed by atoms with Crippen molar-refractivity contribution in [2.45, 2.75) is 13.3 Å². The first-order valence-corrected chi connectivity index (χ1v) is 12.3. The van der Waals surface area contributed by atoms with Crippen LogP contribution in [0.25, 0.3) is 60.9 Å². The van der Waals surface area contributed by atoms with E-state index in [-0.39, 0.29) is 0 Å². The van der Waals surface area contributed by atoms with Crippen molar-refractivity contribution in [3.63, 3.8) is 0 Å². The normalized spacial score (nSPS) is 15.8. The first kappa shape index (κ1) is 20.1. The van der Waals surface area contributed by atoms with E-state index in [1.165, 1.54) is 33.1 Å². The number of benzene rings is 4. The molecular weight excluding hydrogens is 426 g/mol. The van der Waals surface area contributed by atoms with Crippen LogP contribution in [0.2, 0.25) is 0 Å². The lowest BCUT2D eigenvalue weighted by atomic mass is 9.98. The molecule has 168 valence electrons. The number of nitrogens with zero attached hydrogens (tertiary/aromatic N) is 1. The highest BCUT2D eigenvalue weighted by Gasteiger charge is 2.23. The molecule has 35 heavy (non-hydrogen) atoms. The maximum atomic E-state index is 6.83. The summed E-state index contributed by atoms with van der Waals surface area (Å²) in [4.78, 5) is 0. The quantitative estimate of drug-likeness (QED) is 0.262. The van der Waals surface area contributed by atoms with Gasteiger partial charge in [-0.15, -0.1) is 0 Å². The Morgan fingerprint density at radius 2 is 1.43 bits per heavy atom. The van der Waals surface area contributed by atoms with Crippen molar-refractivity contribution in [3.05, 3.63) is 115 Å². The third kappa shape index (κ3) is 3.10. The lowest BCUT2D eigenvalue weighted by molar-refractivity contribution is 0.636. The van der Waals surface area contributed by atoms with Crippen LogP contribution in [0.4, 0.5) is 0 Å². The molecule has 0 bridgehead atoms. The van der Waals surface area contributed by atoms with E-state index in [0.29, 0.717) is 5.92 Å². The average Bonchev–Trinajstić information content (AvgIpc) is 3.46. The van der Waals surface area contributed by atoms with Crippen LogP contribution in [0.1, 0.15) is 13.3 Å². The van der Waals surface area contributed by atoms with Gasteiger partial charge in [0.25, 0.3) is 0 Å². The van der Waals surface area contributed by atoms with Crippen molar-refractivity contribution in [2.75, 3.05) is 0 Å². The van der Waals surface area contributed by atoms with Crippen LogP contribution in [0.15, 0.2) is 120 Å². The summed E-state index contributed by atoms with van der Waals surface area (Å²) in [7, 11) is 0. The second-order valence-electron chi connectivity index (χ2n) is 9.43. The standard InChI is InChI=1S/C33H25NO/c1-22-11-10-16-25(21-22)34-28-18-9-8-17-26(28)31-29(34)20-19-27-30(23-12-4-2-5-13-23)32(35-33(27)31)24-14-6-3-7-15-24/h2-10,12-22H,11H2,1H3. The van der Waals surface area contributed by atoms with Crippen LogP contribution >= 0.6 is 0 Å². The van der Waals surface area contributed by atoms with Crippen LogP contribution in [0, 0.1) is 5.92 Å². The molecule has 0 saturated carbocycles. The molecule has 1 unspecified atom stereocenters. The highest BCUT2D eigenvalue weighted by atomic mass is 16.3. The third-order valence-electron chi connectivity index (χ3n) is 7.10. The predicted molar refractivity (Wildman–Crippen MR) is 147 cm³/mol. The van der Waals surface area contributed by atoms with E-state index in [1.807, 2.05) is 6.07 Å². The zero-order valence-electron chi connectivity index (χ0n) is 19.6. The van der Waals surface area contributed by atoms with Crippen molar-refractivity contribution in [1.29, 1.82) is 0 Å². The smallest absolute Gasteiger partial charge is 0.145 e. The Balaban J connectivity index is 1.63. The highest BCUT2D eigenvalue weighted by Crippen LogP contribution is 2.46. The van der Waals surface area contributed by atoms with E-state index < -0.39 is 0 Å². The minimum absolute atomic E-state index is 0.521. The van der Waals surface area contributed by atoms with Gasteiger partial charge in [0.1, 0.15) is 11.3 Å². The molecule has 1 atom stereocenters. The van der Waals surface area contributed by atoms with Gasteiger partial charge in [-0.25, -0.2) is 0 Å².